The molecule has 1 heterocycles. The lowest BCUT2D eigenvalue weighted by molar-refractivity contribution is 0.214. The summed E-state index contributed by atoms with van der Waals surface area (Å²) in [5.41, 5.74) is 1.43. The monoisotopic (exact) mass is 238 g/mol. The highest BCUT2D eigenvalue weighted by Crippen LogP contribution is 2.11. The Morgan fingerprint density at radius 3 is 2.47 bits per heavy atom. The molecule has 0 amide bonds. The molecule has 1 fully saturated rings. The van der Waals surface area contributed by atoms with E-state index in [1.54, 1.807) is 0 Å². The predicted octanol–water partition coefficient (Wildman–Crippen LogP) is 3.05. The molecule has 1 aliphatic rings. The SMILES string of the molecule is CC(C)=CCN1CCC(NCCC(C)C)CC1. The normalized spacial score (nSPS) is 18.6. The van der Waals surface area contributed by atoms with E-state index < -0.39 is 0 Å². The third-order valence-electron chi connectivity index (χ3n) is 3.50. The Balaban J connectivity index is 2.11. The van der Waals surface area contributed by atoms with Crippen LogP contribution in [0, 0.1) is 5.92 Å². The van der Waals surface area contributed by atoms with Gasteiger partial charge in [-0.05, 0) is 58.7 Å². The number of hydrogen-bond donors (Lipinski definition) is 1. The van der Waals surface area contributed by atoms with Crippen LogP contribution in [0.3, 0.4) is 0 Å². The molecule has 0 bridgehead atoms. The number of nitrogens with one attached hydrogen (secondary N) is 1. The first-order chi connectivity index (χ1) is 8.08. The zero-order chi connectivity index (χ0) is 12.7. The van der Waals surface area contributed by atoms with Gasteiger partial charge in [0.05, 0.1) is 0 Å². The lowest BCUT2D eigenvalue weighted by Gasteiger charge is -2.32. The molecule has 0 spiro atoms. The van der Waals surface area contributed by atoms with Gasteiger partial charge in [0.2, 0.25) is 0 Å². The lowest BCUT2D eigenvalue weighted by atomic mass is 10.0. The van der Waals surface area contributed by atoms with Gasteiger partial charge in [0.25, 0.3) is 0 Å². The van der Waals surface area contributed by atoms with Crippen LogP contribution in [0.25, 0.3) is 0 Å². The Kier molecular flexibility index (Phi) is 6.83. The molecule has 0 unspecified atom stereocenters. The molecule has 1 N–H and O–H groups in total. The van der Waals surface area contributed by atoms with Gasteiger partial charge in [-0.15, -0.1) is 0 Å². The van der Waals surface area contributed by atoms with Crippen LogP contribution >= 0.6 is 0 Å². The number of likely N-dealkylation sites (tertiary alicyclic amines) is 1. The lowest BCUT2D eigenvalue weighted by Crippen LogP contribution is -2.42. The quantitative estimate of drug-likeness (QED) is 0.716. The molecule has 0 aromatic rings. The molecule has 0 aromatic carbocycles. The van der Waals surface area contributed by atoms with Crippen molar-refractivity contribution in [1.29, 1.82) is 0 Å². The van der Waals surface area contributed by atoms with Crippen molar-refractivity contribution in [2.24, 2.45) is 5.92 Å². The third kappa shape index (κ3) is 6.85. The second kappa shape index (κ2) is 7.88. The minimum atomic E-state index is 0.761. The topological polar surface area (TPSA) is 15.3 Å². The number of nitrogens with zero attached hydrogens (tertiary/aromatic N) is 1. The second-order valence-electron chi connectivity index (χ2n) is 5.99. The second-order valence-corrected chi connectivity index (χ2v) is 5.99. The third-order valence-corrected chi connectivity index (χ3v) is 3.50. The van der Waals surface area contributed by atoms with Gasteiger partial charge in [-0.25, -0.2) is 0 Å². The molecule has 1 saturated heterocycles. The van der Waals surface area contributed by atoms with E-state index in [1.165, 1.54) is 44.5 Å². The van der Waals surface area contributed by atoms with Gasteiger partial charge in [-0.2, -0.15) is 0 Å². The largest absolute Gasteiger partial charge is 0.314 e. The summed E-state index contributed by atoms with van der Waals surface area (Å²) in [4.78, 5) is 2.56. The van der Waals surface area contributed by atoms with Crippen LogP contribution in [0.2, 0.25) is 0 Å². The van der Waals surface area contributed by atoms with Crippen molar-refractivity contribution in [2.75, 3.05) is 26.2 Å². The molecule has 100 valence electrons. The molecule has 0 atom stereocenters. The average Bonchev–Trinajstić information content (AvgIpc) is 2.27. The summed E-state index contributed by atoms with van der Waals surface area (Å²) in [6, 6.07) is 0.761. The molecule has 0 radical (unpaired) electrons. The molecule has 0 saturated carbocycles. The van der Waals surface area contributed by atoms with Crippen LogP contribution < -0.4 is 5.32 Å². The van der Waals surface area contributed by atoms with Gasteiger partial charge in [0, 0.05) is 12.6 Å². The maximum Gasteiger partial charge on any atom is 0.0165 e. The minimum Gasteiger partial charge on any atom is -0.314 e. The molecule has 2 nitrogen and oxygen atoms in total. The number of rotatable bonds is 6. The maximum absolute atomic E-state index is 3.70. The van der Waals surface area contributed by atoms with Crippen LogP contribution in [0.5, 0.6) is 0 Å². The Hall–Kier alpha value is -0.340. The van der Waals surface area contributed by atoms with Gasteiger partial charge in [0.15, 0.2) is 0 Å². The van der Waals surface area contributed by atoms with Crippen molar-refractivity contribution >= 4 is 0 Å². The average molecular weight is 238 g/mol. The van der Waals surface area contributed by atoms with Crippen LogP contribution in [0.15, 0.2) is 11.6 Å². The summed E-state index contributed by atoms with van der Waals surface area (Å²) in [5, 5.41) is 3.70. The highest BCUT2D eigenvalue weighted by Gasteiger charge is 2.17. The highest BCUT2D eigenvalue weighted by molar-refractivity contribution is 4.95. The van der Waals surface area contributed by atoms with Crippen molar-refractivity contribution in [2.45, 2.75) is 53.0 Å². The van der Waals surface area contributed by atoms with Crippen molar-refractivity contribution in [3.05, 3.63) is 11.6 Å². The molecule has 0 aliphatic carbocycles. The van der Waals surface area contributed by atoms with Crippen molar-refractivity contribution in [3.63, 3.8) is 0 Å². The van der Waals surface area contributed by atoms with Crippen LogP contribution in [-0.4, -0.2) is 37.1 Å². The van der Waals surface area contributed by atoms with Crippen molar-refractivity contribution in [1.82, 2.24) is 10.2 Å². The Bertz CT molecular complexity index is 221. The zero-order valence-corrected chi connectivity index (χ0v) is 12.1. The van der Waals surface area contributed by atoms with Crippen LogP contribution in [0.4, 0.5) is 0 Å². The van der Waals surface area contributed by atoms with E-state index >= 15 is 0 Å². The molecule has 17 heavy (non-hydrogen) atoms. The Morgan fingerprint density at radius 2 is 1.94 bits per heavy atom. The first kappa shape index (κ1) is 14.7. The van der Waals surface area contributed by atoms with Crippen molar-refractivity contribution < 1.29 is 0 Å². The summed E-state index contributed by atoms with van der Waals surface area (Å²) in [5.74, 6) is 0.820. The predicted molar refractivity (Wildman–Crippen MR) is 76.4 cm³/mol. The molecule has 2 heteroatoms. The molecule has 1 aliphatic heterocycles. The summed E-state index contributed by atoms with van der Waals surface area (Å²) in [6.45, 7) is 13.8. The molecular formula is C15H30N2. The van der Waals surface area contributed by atoms with E-state index in [2.05, 4.69) is 44.0 Å². The molecular weight excluding hydrogens is 208 g/mol. The van der Waals surface area contributed by atoms with Crippen LogP contribution in [-0.2, 0) is 0 Å². The molecule has 1 rings (SSSR count). The standard InChI is InChI=1S/C15H30N2/c1-13(2)5-9-16-15-7-11-17(12-8-15)10-6-14(3)4/h6,13,15-16H,5,7-12H2,1-4H3. The summed E-state index contributed by atoms with van der Waals surface area (Å²) in [6.07, 6.45) is 6.27. The van der Waals surface area contributed by atoms with E-state index in [0.29, 0.717) is 0 Å². The van der Waals surface area contributed by atoms with Gasteiger partial charge in [-0.1, -0.05) is 25.5 Å². The first-order valence-electron chi connectivity index (χ1n) is 7.17. The zero-order valence-electron chi connectivity index (χ0n) is 12.1. The number of hydrogen-bond acceptors (Lipinski definition) is 2. The Labute approximate surface area is 107 Å². The van der Waals surface area contributed by atoms with E-state index in [-0.39, 0.29) is 0 Å². The fraction of sp³-hybridized carbons (Fsp3) is 0.867. The summed E-state index contributed by atoms with van der Waals surface area (Å²) in [7, 11) is 0. The van der Waals surface area contributed by atoms with Gasteiger partial charge < -0.3 is 5.32 Å². The fourth-order valence-corrected chi connectivity index (χ4v) is 2.21. The van der Waals surface area contributed by atoms with Gasteiger partial charge in [-0.3, -0.25) is 4.90 Å². The smallest absolute Gasteiger partial charge is 0.0165 e. The van der Waals surface area contributed by atoms with E-state index in [4.69, 9.17) is 0 Å². The van der Waals surface area contributed by atoms with E-state index in [1.807, 2.05) is 0 Å². The van der Waals surface area contributed by atoms with Crippen LogP contribution in [0.1, 0.15) is 47.0 Å². The maximum atomic E-state index is 3.70. The number of piperidine rings is 1. The van der Waals surface area contributed by atoms with E-state index in [0.717, 1.165) is 18.5 Å². The van der Waals surface area contributed by atoms with E-state index in [9.17, 15) is 0 Å². The first-order valence-corrected chi connectivity index (χ1v) is 7.17. The summed E-state index contributed by atoms with van der Waals surface area (Å²) >= 11 is 0. The summed E-state index contributed by atoms with van der Waals surface area (Å²) < 4.78 is 0. The number of allylic oxidation sites excluding steroid dienone is 1. The van der Waals surface area contributed by atoms with Gasteiger partial charge >= 0.3 is 0 Å². The molecule has 0 aromatic heterocycles. The minimum absolute atomic E-state index is 0.761. The highest BCUT2D eigenvalue weighted by atomic mass is 15.1. The Morgan fingerprint density at radius 1 is 1.29 bits per heavy atom. The van der Waals surface area contributed by atoms with Crippen molar-refractivity contribution in [3.8, 4) is 0 Å². The fourth-order valence-electron chi connectivity index (χ4n) is 2.21. The van der Waals surface area contributed by atoms with Gasteiger partial charge in [0.1, 0.15) is 0 Å².